The van der Waals surface area contributed by atoms with Gasteiger partial charge in [-0.25, -0.2) is 8.42 Å². The van der Waals surface area contributed by atoms with Gasteiger partial charge < -0.3 is 10.2 Å². The number of para-hydroxylation sites is 1. The van der Waals surface area contributed by atoms with Gasteiger partial charge >= 0.3 is 0 Å². The van der Waals surface area contributed by atoms with Crippen LogP contribution in [0.5, 0.6) is 0 Å². The first kappa shape index (κ1) is 27.7. The number of aryl methyl sites for hydroxylation is 1. The van der Waals surface area contributed by atoms with Crippen LogP contribution in [0.25, 0.3) is 0 Å². The Hall–Kier alpha value is -2.58. The number of amides is 2. The van der Waals surface area contributed by atoms with E-state index in [-0.39, 0.29) is 37.4 Å². The van der Waals surface area contributed by atoms with Gasteiger partial charge in [0.2, 0.25) is 21.8 Å². The van der Waals surface area contributed by atoms with Gasteiger partial charge in [0.05, 0.1) is 11.9 Å². The fourth-order valence-corrected chi connectivity index (χ4v) is 4.84. The lowest BCUT2D eigenvalue weighted by atomic mass is 10.1. The molecule has 0 saturated heterocycles. The average molecular weight is 508 g/mol. The molecule has 0 spiro atoms. The van der Waals surface area contributed by atoms with Crippen molar-refractivity contribution >= 4 is 39.1 Å². The number of hydrogen-bond donors (Lipinski definition) is 1. The summed E-state index contributed by atoms with van der Waals surface area (Å²) in [4.78, 5) is 27.4. The molecule has 2 aromatic rings. The van der Waals surface area contributed by atoms with Gasteiger partial charge in [0.15, 0.2) is 0 Å². The normalized spacial score (nSPS) is 12.3. The largest absolute Gasteiger partial charge is 0.352 e. The molecule has 0 aliphatic rings. The predicted molar refractivity (Wildman–Crippen MR) is 137 cm³/mol. The number of carbonyl (C=O) groups excluding carboxylic acids is 2. The fourth-order valence-electron chi connectivity index (χ4n) is 3.62. The van der Waals surface area contributed by atoms with Crippen molar-refractivity contribution in [1.82, 2.24) is 10.2 Å². The molecular weight excluding hydrogens is 474 g/mol. The van der Waals surface area contributed by atoms with Crippen LogP contribution in [-0.2, 0) is 26.2 Å². The zero-order valence-electron chi connectivity index (χ0n) is 20.4. The smallest absolute Gasteiger partial charge is 0.242 e. The zero-order chi connectivity index (χ0) is 25.5. The second-order valence-electron chi connectivity index (χ2n) is 8.68. The number of nitrogens with zero attached hydrogens (tertiary/aromatic N) is 2. The molecule has 9 heteroatoms. The Balaban J connectivity index is 2.19. The average Bonchev–Trinajstić information content (AvgIpc) is 2.75. The SMILES string of the molecule is Cc1ccccc1N(CCCC(=O)N(Cc1ccccc1Cl)[C@@H](C)C(=O)NC(C)C)S(C)(=O)=O. The van der Waals surface area contributed by atoms with Crippen LogP contribution in [0.3, 0.4) is 0 Å². The first-order chi connectivity index (χ1) is 15.9. The molecule has 0 bridgehead atoms. The molecule has 2 rings (SSSR count). The van der Waals surface area contributed by atoms with Gasteiger partial charge in [-0.2, -0.15) is 0 Å². The molecule has 0 saturated carbocycles. The lowest BCUT2D eigenvalue weighted by Gasteiger charge is -2.30. The van der Waals surface area contributed by atoms with E-state index in [1.807, 2.05) is 45.0 Å². The Morgan fingerprint density at radius 3 is 2.24 bits per heavy atom. The molecule has 7 nitrogen and oxygen atoms in total. The van der Waals surface area contributed by atoms with Crippen LogP contribution in [0, 0.1) is 6.92 Å². The van der Waals surface area contributed by atoms with Crippen molar-refractivity contribution in [2.75, 3.05) is 17.1 Å². The minimum atomic E-state index is -3.53. The van der Waals surface area contributed by atoms with E-state index >= 15 is 0 Å². The van der Waals surface area contributed by atoms with Crippen molar-refractivity contribution in [3.05, 3.63) is 64.7 Å². The Bertz CT molecular complexity index is 1100. The monoisotopic (exact) mass is 507 g/mol. The highest BCUT2D eigenvalue weighted by Crippen LogP contribution is 2.23. The number of benzene rings is 2. The molecule has 0 fully saturated rings. The van der Waals surface area contributed by atoms with Crippen LogP contribution >= 0.6 is 11.6 Å². The van der Waals surface area contributed by atoms with Gasteiger partial charge in [-0.05, 0) is 57.4 Å². The number of nitrogens with one attached hydrogen (secondary N) is 1. The van der Waals surface area contributed by atoms with E-state index in [0.717, 1.165) is 17.4 Å². The molecule has 0 heterocycles. The lowest BCUT2D eigenvalue weighted by Crippen LogP contribution is -2.49. The lowest BCUT2D eigenvalue weighted by molar-refractivity contribution is -0.140. The minimum Gasteiger partial charge on any atom is -0.352 e. The quantitative estimate of drug-likeness (QED) is 0.495. The number of rotatable bonds is 11. The number of anilines is 1. The Morgan fingerprint density at radius 1 is 1.03 bits per heavy atom. The number of hydrogen-bond acceptors (Lipinski definition) is 4. The van der Waals surface area contributed by atoms with Crippen molar-refractivity contribution in [1.29, 1.82) is 0 Å². The van der Waals surface area contributed by atoms with Crippen molar-refractivity contribution < 1.29 is 18.0 Å². The highest BCUT2D eigenvalue weighted by molar-refractivity contribution is 7.92. The molecule has 0 aliphatic carbocycles. The molecular formula is C25H34ClN3O4S. The maximum atomic E-state index is 13.3. The van der Waals surface area contributed by atoms with Gasteiger partial charge in [0.1, 0.15) is 6.04 Å². The Morgan fingerprint density at radius 2 is 1.65 bits per heavy atom. The molecule has 1 atom stereocenters. The van der Waals surface area contributed by atoms with E-state index in [9.17, 15) is 18.0 Å². The summed E-state index contributed by atoms with van der Waals surface area (Å²) in [6, 6.07) is 13.6. The van der Waals surface area contributed by atoms with Gasteiger partial charge in [0, 0.05) is 30.6 Å². The van der Waals surface area contributed by atoms with Gasteiger partial charge in [-0.1, -0.05) is 48.0 Å². The number of halogens is 1. The highest BCUT2D eigenvalue weighted by Gasteiger charge is 2.27. The summed E-state index contributed by atoms with van der Waals surface area (Å²) >= 11 is 6.31. The molecule has 0 aromatic heterocycles. The van der Waals surface area contributed by atoms with Crippen molar-refractivity contribution in [3.8, 4) is 0 Å². The van der Waals surface area contributed by atoms with Crippen LogP contribution in [0.1, 0.15) is 44.7 Å². The van der Waals surface area contributed by atoms with E-state index in [2.05, 4.69) is 5.32 Å². The third-order valence-electron chi connectivity index (χ3n) is 5.43. The first-order valence-corrected chi connectivity index (χ1v) is 13.5. The summed E-state index contributed by atoms with van der Waals surface area (Å²) < 4.78 is 26.2. The van der Waals surface area contributed by atoms with Crippen LogP contribution in [-0.4, -0.2) is 50.0 Å². The van der Waals surface area contributed by atoms with Gasteiger partial charge in [-0.15, -0.1) is 0 Å². The zero-order valence-corrected chi connectivity index (χ0v) is 22.0. The van der Waals surface area contributed by atoms with Crippen LogP contribution in [0.4, 0.5) is 5.69 Å². The second-order valence-corrected chi connectivity index (χ2v) is 11.0. The minimum absolute atomic E-state index is 0.0651. The number of carbonyl (C=O) groups is 2. The molecule has 186 valence electrons. The number of sulfonamides is 1. The summed E-state index contributed by atoms with van der Waals surface area (Å²) in [5, 5.41) is 3.36. The van der Waals surface area contributed by atoms with Crippen LogP contribution < -0.4 is 9.62 Å². The predicted octanol–water partition coefficient (Wildman–Crippen LogP) is 4.14. The van der Waals surface area contributed by atoms with Crippen molar-refractivity contribution in [3.63, 3.8) is 0 Å². The van der Waals surface area contributed by atoms with Crippen LogP contribution in [0.2, 0.25) is 5.02 Å². The first-order valence-electron chi connectivity index (χ1n) is 11.3. The van der Waals surface area contributed by atoms with E-state index in [4.69, 9.17) is 11.6 Å². The molecule has 0 unspecified atom stereocenters. The Kier molecular flexibility index (Phi) is 9.94. The van der Waals surface area contributed by atoms with Gasteiger partial charge in [-0.3, -0.25) is 13.9 Å². The van der Waals surface area contributed by atoms with Gasteiger partial charge in [0.25, 0.3) is 0 Å². The fraction of sp³-hybridized carbons (Fsp3) is 0.440. The summed E-state index contributed by atoms with van der Waals surface area (Å²) in [5.74, 6) is -0.502. The third-order valence-corrected chi connectivity index (χ3v) is 6.98. The third kappa shape index (κ3) is 7.74. The molecule has 1 N–H and O–H groups in total. The molecule has 0 radical (unpaired) electrons. The van der Waals surface area contributed by atoms with E-state index < -0.39 is 16.1 Å². The molecule has 0 aliphatic heterocycles. The molecule has 34 heavy (non-hydrogen) atoms. The molecule has 2 amide bonds. The van der Waals surface area contributed by atoms with Crippen molar-refractivity contribution in [2.45, 2.75) is 59.2 Å². The van der Waals surface area contributed by atoms with Crippen molar-refractivity contribution in [2.24, 2.45) is 0 Å². The maximum Gasteiger partial charge on any atom is 0.242 e. The van der Waals surface area contributed by atoms with E-state index in [1.165, 1.54) is 9.21 Å². The van der Waals surface area contributed by atoms with Crippen LogP contribution in [0.15, 0.2) is 48.5 Å². The summed E-state index contributed by atoms with van der Waals surface area (Å²) in [6.45, 7) is 7.58. The maximum absolute atomic E-state index is 13.3. The highest BCUT2D eigenvalue weighted by atomic mass is 35.5. The van der Waals surface area contributed by atoms with E-state index in [0.29, 0.717) is 17.1 Å². The van der Waals surface area contributed by atoms with E-state index in [1.54, 1.807) is 31.2 Å². The Labute approximate surface area is 208 Å². The summed E-state index contributed by atoms with van der Waals surface area (Å²) in [7, 11) is -3.53. The molecule has 2 aromatic carbocycles. The second kappa shape index (κ2) is 12.2. The summed E-state index contributed by atoms with van der Waals surface area (Å²) in [5.41, 5.74) is 2.16. The summed E-state index contributed by atoms with van der Waals surface area (Å²) in [6.07, 6.45) is 1.54. The topological polar surface area (TPSA) is 86.8 Å². The standard InChI is InChI=1S/C25H34ClN3O4S/c1-18(2)27-25(31)20(4)28(17-21-12-7-8-13-22(21)26)24(30)15-10-16-29(34(5,32)33)23-14-9-6-11-19(23)3/h6-9,11-14,18,20H,10,15-17H2,1-5H3,(H,27,31)/t20-/m0/s1.